The summed E-state index contributed by atoms with van der Waals surface area (Å²) in [6.07, 6.45) is 2.08. The second-order valence-electron chi connectivity index (χ2n) is 6.14. The van der Waals surface area contributed by atoms with Gasteiger partial charge in [0.1, 0.15) is 0 Å². The molecule has 1 N–H and O–H groups in total. The van der Waals surface area contributed by atoms with Crippen LogP contribution in [0.4, 0.5) is 0 Å². The number of nitrogens with zero attached hydrogens (tertiary/aromatic N) is 1. The van der Waals surface area contributed by atoms with Crippen molar-refractivity contribution in [1.29, 1.82) is 0 Å². The zero-order chi connectivity index (χ0) is 14.5. The first-order valence-electron chi connectivity index (χ1n) is 7.66. The largest absolute Gasteiger partial charge is 0.355 e. The van der Waals surface area contributed by atoms with Crippen LogP contribution in [0.15, 0.2) is 24.3 Å². The van der Waals surface area contributed by atoms with Crippen LogP contribution in [0.3, 0.4) is 0 Å². The summed E-state index contributed by atoms with van der Waals surface area (Å²) in [5.41, 5.74) is 2.79. The van der Waals surface area contributed by atoms with Gasteiger partial charge in [-0.1, -0.05) is 38.1 Å². The average molecular weight is 274 g/mol. The normalized spacial score (nSPS) is 16.8. The van der Waals surface area contributed by atoms with E-state index < -0.39 is 0 Å². The van der Waals surface area contributed by atoms with Crippen molar-refractivity contribution < 1.29 is 4.79 Å². The lowest BCUT2D eigenvalue weighted by Crippen LogP contribution is -2.47. The first-order valence-corrected chi connectivity index (χ1v) is 7.66. The smallest absolute Gasteiger partial charge is 0.237 e. The summed E-state index contributed by atoms with van der Waals surface area (Å²) >= 11 is 0. The summed E-state index contributed by atoms with van der Waals surface area (Å²) in [6.45, 7) is 9.00. The van der Waals surface area contributed by atoms with Gasteiger partial charge in [-0.2, -0.15) is 0 Å². The van der Waals surface area contributed by atoms with Crippen molar-refractivity contribution in [2.75, 3.05) is 13.1 Å². The highest BCUT2D eigenvalue weighted by Crippen LogP contribution is 2.20. The molecular formula is C17H26N2O. The Kier molecular flexibility index (Phi) is 5.18. The molecule has 1 amide bonds. The van der Waals surface area contributed by atoms with E-state index in [-0.39, 0.29) is 11.9 Å². The van der Waals surface area contributed by atoms with Crippen molar-refractivity contribution in [3.63, 3.8) is 0 Å². The lowest BCUT2D eigenvalue weighted by Gasteiger charge is -2.32. The summed E-state index contributed by atoms with van der Waals surface area (Å²) in [6, 6.07) is 8.49. The van der Waals surface area contributed by atoms with Crippen LogP contribution in [0, 0.1) is 5.92 Å². The Morgan fingerprint density at radius 3 is 2.65 bits per heavy atom. The van der Waals surface area contributed by atoms with E-state index in [2.05, 4.69) is 48.3 Å². The van der Waals surface area contributed by atoms with Gasteiger partial charge in [0, 0.05) is 19.6 Å². The van der Waals surface area contributed by atoms with Crippen LogP contribution in [-0.2, 0) is 17.8 Å². The Labute approximate surface area is 122 Å². The molecule has 0 bridgehead atoms. The molecule has 20 heavy (non-hydrogen) atoms. The van der Waals surface area contributed by atoms with E-state index in [0.29, 0.717) is 5.92 Å². The van der Waals surface area contributed by atoms with Crippen molar-refractivity contribution in [1.82, 2.24) is 10.2 Å². The lowest BCUT2D eigenvalue weighted by atomic mass is 9.99. The molecule has 2 rings (SSSR count). The van der Waals surface area contributed by atoms with E-state index in [9.17, 15) is 4.79 Å². The fourth-order valence-corrected chi connectivity index (χ4v) is 2.65. The topological polar surface area (TPSA) is 32.3 Å². The molecule has 3 heteroatoms. The van der Waals surface area contributed by atoms with E-state index in [1.54, 1.807) is 0 Å². The number of hydrogen-bond acceptors (Lipinski definition) is 2. The molecule has 1 heterocycles. The van der Waals surface area contributed by atoms with Gasteiger partial charge in [-0.15, -0.1) is 0 Å². The zero-order valence-corrected chi connectivity index (χ0v) is 12.9. The van der Waals surface area contributed by atoms with Crippen molar-refractivity contribution in [2.45, 2.75) is 46.2 Å². The fourth-order valence-electron chi connectivity index (χ4n) is 2.65. The number of rotatable bonds is 5. The van der Waals surface area contributed by atoms with Gasteiger partial charge in [0.2, 0.25) is 5.91 Å². The van der Waals surface area contributed by atoms with E-state index >= 15 is 0 Å². The van der Waals surface area contributed by atoms with Gasteiger partial charge >= 0.3 is 0 Å². The minimum Gasteiger partial charge on any atom is -0.355 e. The number of fused-ring (bicyclic) bond motifs is 1. The molecule has 0 saturated heterocycles. The lowest BCUT2D eigenvalue weighted by molar-refractivity contribution is -0.126. The molecule has 0 radical (unpaired) electrons. The van der Waals surface area contributed by atoms with Gasteiger partial charge in [-0.05, 0) is 36.8 Å². The molecule has 0 saturated carbocycles. The van der Waals surface area contributed by atoms with Gasteiger partial charge in [-0.3, -0.25) is 9.69 Å². The quantitative estimate of drug-likeness (QED) is 0.895. The second-order valence-corrected chi connectivity index (χ2v) is 6.14. The van der Waals surface area contributed by atoms with Gasteiger partial charge in [0.05, 0.1) is 6.04 Å². The van der Waals surface area contributed by atoms with Gasteiger partial charge in [-0.25, -0.2) is 0 Å². The number of nitrogens with one attached hydrogen (secondary N) is 1. The number of hydrogen-bond donors (Lipinski definition) is 1. The SMILES string of the molecule is CC(C)CCNC(=O)C(C)N1CCc2ccccc2C1. The summed E-state index contributed by atoms with van der Waals surface area (Å²) < 4.78 is 0. The molecule has 0 aliphatic carbocycles. The molecule has 0 fully saturated rings. The van der Waals surface area contributed by atoms with Crippen LogP contribution >= 0.6 is 0 Å². The summed E-state index contributed by atoms with van der Waals surface area (Å²) in [5.74, 6) is 0.789. The van der Waals surface area contributed by atoms with Crippen LogP contribution in [0.25, 0.3) is 0 Å². The van der Waals surface area contributed by atoms with E-state index in [0.717, 1.165) is 32.5 Å². The van der Waals surface area contributed by atoms with Crippen LogP contribution < -0.4 is 5.32 Å². The summed E-state index contributed by atoms with van der Waals surface area (Å²) in [5, 5.41) is 3.05. The molecule has 110 valence electrons. The van der Waals surface area contributed by atoms with Crippen LogP contribution in [0.2, 0.25) is 0 Å². The Morgan fingerprint density at radius 2 is 1.95 bits per heavy atom. The molecular weight excluding hydrogens is 248 g/mol. The van der Waals surface area contributed by atoms with Gasteiger partial charge in [0.15, 0.2) is 0 Å². The molecule has 1 aliphatic rings. The third kappa shape index (κ3) is 3.83. The molecule has 1 aromatic rings. The zero-order valence-electron chi connectivity index (χ0n) is 12.9. The second kappa shape index (κ2) is 6.89. The first-order chi connectivity index (χ1) is 9.58. The van der Waals surface area contributed by atoms with Crippen molar-refractivity contribution in [3.05, 3.63) is 35.4 Å². The molecule has 1 atom stereocenters. The predicted octanol–water partition coefficient (Wildman–Crippen LogP) is 2.60. The third-order valence-electron chi connectivity index (χ3n) is 4.11. The van der Waals surface area contributed by atoms with Crippen molar-refractivity contribution >= 4 is 5.91 Å². The summed E-state index contributed by atoms with van der Waals surface area (Å²) in [4.78, 5) is 14.5. The average Bonchev–Trinajstić information content (AvgIpc) is 2.45. The summed E-state index contributed by atoms with van der Waals surface area (Å²) in [7, 11) is 0. The molecule has 0 spiro atoms. The third-order valence-corrected chi connectivity index (χ3v) is 4.11. The Hall–Kier alpha value is -1.35. The number of benzene rings is 1. The number of amides is 1. The van der Waals surface area contributed by atoms with Crippen molar-refractivity contribution in [3.8, 4) is 0 Å². The molecule has 3 nitrogen and oxygen atoms in total. The highest BCUT2D eigenvalue weighted by Gasteiger charge is 2.24. The first kappa shape index (κ1) is 15.0. The molecule has 1 unspecified atom stereocenters. The van der Waals surface area contributed by atoms with E-state index in [4.69, 9.17) is 0 Å². The highest BCUT2D eigenvalue weighted by atomic mass is 16.2. The maximum absolute atomic E-state index is 12.2. The maximum atomic E-state index is 12.2. The monoisotopic (exact) mass is 274 g/mol. The molecule has 1 aliphatic heterocycles. The Morgan fingerprint density at radius 1 is 1.25 bits per heavy atom. The molecule has 1 aromatic carbocycles. The maximum Gasteiger partial charge on any atom is 0.237 e. The standard InChI is InChI=1S/C17H26N2O/c1-13(2)8-10-18-17(20)14(3)19-11-9-15-6-4-5-7-16(15)12-19/h4-7,13-14H,8-12H2,1-3H3,(H,18,20). The fraction of sp³-hybridized carbons (Fsp3) is 0.588. The predicted molar refractivity (Wildman–Crippen MR) is 82.5 cm³/mol. The van der Waals surface area contributed by atoms with Crippen LogP contribution in [0.1, 0.15) is 38.3 Å². The van der Waals surface area contributed by atoms with Crippen molar-refractivity contribution in [2.24, 2.45) is 5.92 Å². The van der Waals surface area contributed by atoms with E-state index in [1.165, 1.54) is 11.1 Å². The van der Waals surface area contributed by atoms with Crippen LogP contribution in [-0.4, -0.2) is 29.9 Å². The highest BCUT2D eigenvalue weighted by molar-refractivity contribution is 5.81. The number of carbonyl (C=O) groups is 1. The Balaban J connectivity index is 1.87. The van der Waals surface area contributed by atoms with Crippen LogP contribution in [0.5, 0.6) is 0 Å². The Bertz CT molecular complexity index is 456. The minimum absolute atomic E-state index is 0.0458. The minimum atomic E-state index is -0.0458. The molecule has 0 aromatic heterocycles. The van der Waals surface area contributed by atoms with Gasteiger partial charge in [0.25, 0.3) is 0 Å². The van der Waals surface area contributed by atoms with Gasteiger partial charge < -0.3 is 5.32 Å². The number of carbonyl (C=O) groups excluding carboxylic acids is 1. The van der Waals surface area contributed by atoms with E-state index in [1.807, 2.05) is 6.92 Å².